The van der Waals surface area contributed by atoms with Crippen molar-refractivity contribution >= 4 is 23.4 Å². The van der Waals surface area contributed by atoms with Gasteiger partial charge in [0.05, 0.1) is 11.5 Å². The van der Waals surface area contributed by atoms with Gasteiger partial charge in [0.2, 0.25) is 12.7 Å². The molecular formula is C19H18N2O6. The number of nitrogens with one attached hydrogen (secondary N) is 1. The highest BCUT2D eigenvalue weighted by Crippen LogP contribution is 2.34. The van der Waals surface area contributed by atoms with Crippen LogP contribution in [0.5, 0.6) is 17.2 Å². The summed E-state index contributed by atoms with van der Waals surface area (Å²) in [4.78, 5) is 22.8. The molecule has 0 spiro atoms. The summed E-state index contributed by atoms with van der Waals surface area (Å²) in [6, 6.07) is 9.63. The van der Waals surface area contributed by atoms with E-state index in [-0.39, 0.29) is 24.1 Å². The molecule has 8 nitrogen and oxygen atoms in total. The number of hydrogen-bond donors (Lipinski definition) is 1. The molecule has 0 saturated heterocycles. The number of hydrogen-bond acceptors (Lipinski definition) is 6. The molecule has 1 amide bonds. The van der Waals surface area contributed by atoms with Gasteiger partial charge in [0.15, 0.2) is 17.2 Å². The lowest BCUT2D eigenvalue weighted by molar-refractivity contribution is -0.385. The van der Waals surface area contributed by atoms with Crippen LogP contribution >= 0.6 is 0 Å². The van der Waals surface area contributed by atoms with Crippen molar-refractivity contribution in [1.82, 2.24) is 0 Å². The fraction of sp³-hybridized carbons (Fsp3) is 0.211. The highest BCUT2D eigenvalue weighted by atomic mass is 16.7. The van der Waals surface area contributed by atoms with Crippen LogP contribution < -0.4 is 19.5 Å². The van der Waals surface area contributed by atoms with Gasteiger partial charge in [0.25, 0.3) is 0 Å². The normalized spacial score (nSPS) is 12.2. The number of nitro groups is 1. The van der Waals surface area contributed by atoms with Crippen LogP contribution in [0, 0.1) is 10.1 Å². The van der Waals surface area contributed by atoms with E-state index < -0.39 is 4.92 Å². The van der Waals surface area contributed by atoms with Gasteiger partial charge in [0.1, 0.15) is 0 Å². The number of amides is 1. The van der Waals surface area contributed by atoms with Crippen molar-refractivity contribution in [2.24, 2.45) is 0 Å². The Kier molecular flexibility index (Phi) is 5.55. The molecular weight excluding hydrogens is 352 g/mol. The van der Waals surface area contributed by atoms with Crippen molar-refractivity contribution in [3.63, 3.8) is 0 Å². The molecule has 0 radical (unpaired) electrons. The number of carbonyl (C=O) groups is 1. The predicted molar refractivity (Wildman–Crippen MR) is 99.1 cm³/mol. The molecule has 2 aromatic carbocycles. The minimum absolute atomic E-state index is 0.137. The second kappa shape index (κ2) is 8.22. The molecule has 8 heteroatoms. The summed E-state index contributed by atoms with van der Waals surface area (Å²) < 4.78 is 15.8. The summed E-state index contributed by atoms with van der Waals surface area (Å²) in [5.74, 6) is 1.03. The van der Waals surface area contributed by atoms with Crippen LogP contribution in [0.25, 0.3) is 6.08 Å². The largest absolute Gasteiger partial charge is 0.487 e. The molecule has 3 rings (SSSR count). The second-order valence-corrected chi connectivity index (χ2v) is 5.72. The van der Waals surface area contributed by atoms with Crippen LogP contribution in [0.3, 0.4) is 0 Å². The molecule has 140 valence electrons. The minimum atomic E-state index is -0.505. The van der Waals surface area contributed by atoms with Crippen molar-refractivity contribution in [3.8, 4) is 17.2 Å². The average molecular weight is 370 g/mol. The van der Waals surface area contributed by atoms with Gasteiger partial charge in [0, 0.05) is 23.9 Å². The molecule has 0 saturated carbocycles. The average Bonchev–Trinajstić information content (AvgIpc) is 3.12. The van der Waals surface area contributed by atoms with Gasteiger partial charge < -0.3 is 19.5 Å². The molecule has 1 aliphatic rings. The first-order valence-corrected chi connectivity index (χ1v) is 8.37. The quantitative estimate of drug-likeness (QED) is 0.452. The second-order valence-electron chi connectivity index (χ2n) is 5.72. The maximum Gasteiger partial charge on any atom is 0.311 e. The fourth-order valence-electron chi connectivity index (χ4n) is 2.44. The number of nitro benzene ring substituents is 1. The van der Waals surface area contributed by atoms with E-state index in [9.17, 15) is 14.9 Å². The number of rotatable bonds is 7. The highest BCUT2D eigenvalue weighted by molar-refractivity contribution is 6.02. The highest BCUT2D eigenvalue weighted by Gasteiger charge is 2.16. The summed E-state index contributed by atoms with van der Waals surface area (Å²) in [5, 5.41) is 13.9. The van der Waals surface area contributed by atoms with Crippen molar-refractivity contribution in [3.05, 3.63) is 58.2 Å². The summed E-state index contributed by atoms with van der Waals surface area (Å²) in [6.07, 6.45) is 3.55. The van der Waals surface area contributed by atoms with Crippen molar-refractivity contribution in [1.29, 1.82) is 0 Å². The monoisotopic (exact) mass is 370 g/mol. The van der Waals surface area contributed by atoms with E-state index in [1.165, 1.54) is 24.3 Å². The Morgan fingerprint density at radius 3 is 2.85 bits per heavy atom. The van der Waals surface area contributed by atoms with Gasteiger partial charge in [-0.25, -0.2) is 0 Å². The van der Waals surface area contributed by atoms with Gasteiger partial charge in [-0.05, 0) is 36.3 Å². The fourth-order valence-corrected chi connectivity index (χ4v) is 2.44. The molecule has 0 unspecified atom stereocenters. The van der Waals surface area contributed by atoms with Gasteiger partial charge in [-0.2, -0.15) is 0 Å². The third-order valence-corrected chi connectivity index (χ3v) is 3.71. The standard InChI is InChI=1S/C19H18N2O6/c1-2-9-25-16-6-3-13(10-15(16)21(23)24)4-8-19(22)20-14-5-7-17-18(11-14)27-12-26-17/h3-8,10-11H,2,9,12H2,1H3,(H,20,22)/b8-4+. The van der Waals surface area contributed by atoms with E-state index in [1.54, 1.807) is 24.3 Å². The lowest BCUT2D eigenvalue weighted by Crippen LogP contribution is -2.07. The summed E-state index contributed by atoms with van der Waals surface area (Å²) in [7, 11) is 0. The Hall–Kier alpha value is -3.55. The van der Waals surface area contributed by atoms with E-state index in [4.69, 9.17) is 14.2 Å². The molecule has 1 heterocycles. The summed E-state index contributed by atoms with van der Waals surface area (Å²) >= 11 is 0. The lowest BCUT2D eigenvalue weighted by atomic mass is 10.1. The van der Waals surface area contributed by atoms with Gasteiger partial charge in [-0.1, -0.05) is 13.0 Å². The zero-order valence-electron chi connectivity index (χ0n) is 14.6. The van der Waals surface area contributed by atoms with Crippen LogP contribution in [0.2, 0.25) is 0 Å². The number of benzene rings is 2. The van der Waals surface area contributed by atoms with E-state index in [0.29, 0.717) is 29.4 Å². The third-order valence-electron chi connectivity index (χ3n) is 3.71. The first-order chi connectivity index (χ1) is 13.1. The van der Waals surface area contributed by atoms with Crippen LogP contribution in [0.1, 0.15) is 18.9 Å². The third kappa shape index (κ3) is 4.55. The SMILES string of the molecule is CCCOc1ccc(/C=C/C(=O)Nc2ccc3c(c2)OCO3)cc1[N+](=O)[O-]. The van der Waals surface area contributed by atoms with Crippen LogP contribution in [-0.2, 0) is 4.79 Å². The molecule has 2 aromatic rings. The van der Waals surface area contributed by atoms with Gasteiger partial charge >= 0.3 is 5.69 Å². The maximum absolute atomic E-state index is 12.1. The van der Waals surface area contributed by atoms with Crippen LogP contribution in [0.4, 0.5) is 11.4 Å². The first kappa shape index (κ1) is 18.2. The number of anilines is 1. The van der Waals surface area contributed by atoms with E-state index in [2.05, 4.69) is 5.32 Å². The Bertz CT molecular complexity index is 894. The van der Waals surface area contributed by atoms with Crippen LogP contribution in [0.15, 0.2) is 42.5 Å². The van der Waals surface area contributed by atoms with E-state index in [1.807, 2.05) is 6.92 Å². The molecule has 1 N–H and O–H groups in total. The Morgan fingerprint density at radius 1 is 1.26 bits per heavy atom. The molecule has 0 atom stereocenters. The maximum atomic E-state index is 12.1. The minimum Gasteiger partial charge on any atom is -0.487 e. The molecule has 0 fully saturated rings. The summed E-state index contributed by atoms with van der Waals surface area (Å²) in [5.41, 5.74) is 0.941. The van der Waals surface area contributed by atoms with Crippen molar-refractivity contribution < 1.29 is 23.9 Å². The number of nitrogens with zero attached hydrogens (tertiary/aromatic N) is 1. The lowest BCUT2D eigenvalue weighted by Gasteiger charge is -2.06. The molecule has 0 bridgehead atoms. The van der Waals surface area contributed by atoms with Gasteiger partial charge in [-0.3, -0.25) is 14.9 Å². The summed E-state index contributed by atoms with van der Waals surface area (Å²) in [6.45, 7) is 2.47. The molecule has 0 aromatic heterocycles. The number of fused-ring (bicyclic) bond motifs is 1. The number of ether oxygens (including phenoxy) is 3. The molecule has 1 aliphatic heterocycles. The predicted octanol–water partition coefficient (Wildman–Crippen LogP) is 3.76. The first-order valence-electron chi connectivity index (χ1n) is 8.37. The number of carbonyl (C=O) groups excluding carboxylic acids is 1. The zero-order valence-corrected chi connectivity index (χ0v) is 14.6. The Morgan fingerprint density at radius 2 is 2.07 bits per heavy atom. The van der Waals surface area contributed by atoms with Crippen molar-refractivity contribution in [2.75, 3.05) is 18.7 Å². The van der Waals surface area contributed by atoms with E-state index >= 15 is 0 Å². The zero-order chi connectivity index (χ0) is 19.2. The van der Waals surface area contributed by atoms with Crippen LogP contribution in [-0.4, -0.2) is 24.2 Å². The smallest absolute Gasteiger partial charge is 0.311 e. The van der Waals surface area contributed by atoms with Gasteiger partial charge in [-0.15, -0.1) is 0 Å². The van der Waals surface area contributed by atoms with E-state index in [0.717, 1.165) is 6.42 Å². The Labute approximate surface area is 155 Å². The Balaban J connectivity index is 1.68. The molecule has 27 heavy (non-hydrogen) atoms. The topological polar surface area (TPSA) is 99.9 Å². The van der Waals surface area contributed by atoms with Crippen molar-refractivity contribution in [2.45, 2.75) is 13.3 Å². The molecule has 0 aliphatic carbocycles.